The van der Waals surface area contributed by atoms with Gasteiger partial charge in [0, 0.05) is 13.1 Å². The van der Waals surface area contributed by atoms with Crippen molar-refractivity contribution in [1.29, 1.82) is 0 Å². The number of urea groups is 1. The largest absolute Gasteiger partial charge is 0.481 e. The number of nitrogens with one attached hydrogen (secondary N) is 2. The molecule has 2 amide bonds. The Bertz CT molecular complexity index is 345. The molecule has 2 saturated carbocycles. The second-order valence-corrected chi connectivity index (χ2v) is 6.36. The lowest BCUT2D eigenvalue weighted by Crippen LogP contribution is -2.47. The standard InChI is InChI=1S/C15H26N2O3/c18-13(19)15(8-4-1-5-9-15)11-17-14(20)16-10-12-6-2-3-7-12/h12H,1-11H2,(H,18,19)(H2,16,17,20). The van der Waals surface area contributed by atoms with Gasteiger partial charge in [-0.2, -0.15) is 0 Å². The Kier molecular flexibility index (Phi) is 5.26. The summed E-state index contributed by atoms with van der Waals surface area (Å²) < 4.78 is 0. The number of hydrogen-bond acceptors (Lipinski definition) is 2. The zero-order valence-corrected chi connectivity index (χ0v) is 12.1. The van der Waals surface area contributed by atoms with E-state index in [2.05, 4.69) is 10.6 Å². The van der Waals surface area contributed by atoms with E-state index in [9.17, 15) is 14.7 Å². The van der Waals surface area contributed by atoms with Crippen molar-refractivity contribution in [2.75, 3.05) is 13.1 Å². The summed E-state index contributed by atoms with van der Waals surface area (Å²) in [6.07, 6.45) is 9.24. The fraction of sp³-hybridized carbons (Fsp3) is 0.867. The minimum absolute atomic E-state index is 0.219. The molecule has 2 rings (SSSR count). The lowest BCUT2D eigenvalue weighted by molar-refractivity contribution is -0.150. The van der Waals surface area contributed by atoms with E-state index in [0.717, 1.165) is 19.3 Å². The first kappa shape index (κ1) is 15.1. The Morgan fingerprint density at radius 1 is 1.00 bits per heavy atom. The molecule has 2 aliphatic carbocycles. The number of carboxylic acids is 1. The van der Waals surface area contributed by atoms with Crippen LogP contribution in [0, 0.1) is 11.3 Å². The lowest BCUT2D eigenvalue weighted by Gasteiger charge is -2.33. The SMILES string of the molecule is O=C(NCC1CCCC1)NCC1(C(=O)O)CCCCC1. The van der Waals surface area contributed by atoms with Crippen LogP contribution in [0.25, 0.3) is 0 Å². The van der Waals surface area contributed by atoms with Gasteiger partial charge in [-0.1, -0.05) is 32.1 Å². The van der Waals surface area contributed by atoms with E-state index in [1.165, 1.54) is 25.7 Å². The third-order valence-electron chi connectivity index (χ3n) is 4.88. The van der Waals surface area contributed by atoms with Crippen molar-refractivity contribution in [3.05, 3.63) is 0 Å². The molecular weight excluding hydrogens is 256 g/mol. The van der Waals surface area contributed by atoms with E-state index < -0.39 is 11.4 Å². The molecule has 0 bridgehead atoms. The molecule has 0 aromatic carbocycles. The van der Waals surface area contributed by atoms with Crippen LogP contribution in [-0.4, -0.2) is 30.2 Å². The molecule has 0 radical (unpaired) electrons. The van der Waals surface area contributed by atoms with Crippen molar-refractivity contribution in [1.82, 2.24) is 10.6 Å². The van der Waals surface area contributed by atoms with Crippen LogP contribution in [0.4, 0.5) is 4.79 Å². The lowest BCUT2D eigenvalue weighted by atomic mass is 9.74. The van der Waals surface area contributed by atoms with Gasteiger partial charge in [0.2, 0.25) is 0 Å². The summed E-state index contributed by atoms with van der Waals surface area (Å²) in [6.45, 7) is 0.963. The maximum Gasteiger partial charge on any atom is 0.314 e. The van der Waals surface area contributed by atoms with Crippen LogP contribution >= 0.6 is 0 Å². The summed E-state index contributed by atoms with van der Waals surface area (Å²) in [4.78, 5) is 23.3. The molecule has 0 atom stereocenters. The minimum atomic E-state index is -0.770. The van der Waals surface area contributed by atoms with E-state index in [4.69, 9.17) is 0 Å². The molecule has 20 heavy (non-hydrogen) atoms. The van der Waals surface area contributed by atoms with Gasteiger partial charge >= 0.3 is 12.0 Å². The van der Waals surface area contributed by atoms with E-state index in [1.807, 2.05) is 0 Å². The molecule has 0 aliphatic heterocycles. The third-order valence-corrected chi connectivity index (χ3v) is 4.88. The normalized spacial score (nSPS) is 22.4. The fourth-order valence-electron chi connectivity index (χ4n) is 3.46. The number of aliphatic carboxylic acids is 1. The maximum atomic E-state index is 11.8. The van der Waals surface area contributed by atoms with E-state index in [1.54, 1.807) is 0 Å². The molecule has 5 nitrogen and oxygen atoms in total. The highest BCUT2D eigenvalue weighted by atomic mass is 16.4. The Balaban J connectivity index is 1.74. The zero-order valence-electron chi connectivity index (χ0n) is 12.1. The van der Waals surface area contributed by atoms with Crippen LogP contribution in [-0.2, 0) is 4.79 Å². The average molecular weight is 282 g/mol. The van der Waals surface area contributed by atoms with Gasteiger partial charge in [0.25, 0.3) is 0 Å². The predicted octanol–water partition coefficient (Wildman–Crippen LogP) is 2.51. The van der Waals surface area contributed by atoms with Gasteiger partial charge in [0.05, 0.1) is 5.41 Å². The first-order valence-electron chi connectivity index (χ1n) is 7.87. The second-order valence-electron chi connectivity index (χ2n) is 6.36. The monoisotopic (exact) mass is 282 g/mol. The molecule has 0 heterocycles. The maximum absolute atomic E-state index is 11.8. The summed E-state index contributed by atoms with van der Waals surface area (Å²) in [6, 6.07) is -0.219. The summed E-state index contributed by atoms with van der Waals surface area (Å²) in [5.74, 6) is -0.169. The summed E-state index contributed by atoms with van der Waals surface area (Å²) in [5, 5.41) is 15.1. The number of carbonyl (C=O) groups is 2. The average Bonchev–Trinajstić information content (AvgIpc) is 2.97. The number of carboxylic acid groups (broad SMARTS) is 1. The molecule has 5 heteroatoms. The Labute approximate surface area is 120 Å². The van der Waals surface area contributed by atoms with Crippen LogP contribution in [0.5, 0.6) is 0 Å². The molecule has 0 saturated heterocycles. The van der Waals surface area contributed by atoms with Gasteiger partial charge in [-0.3, -0.25) is 4.79 Å². The first-order chi connectivity index (χ1) is 9.62. The first-order valence-corrected chi connectivity index (χ1v) is 7.87. The molecule has 0 aromatic rings. The molecule has 0 unspecified atom stereocenters. The Hall–Kier alpha value is -1.26. The Morgan fingerprint density at radius 2 is 1.65 bits per heavy atom. The van der Waals surface area contributed by atoms with Crippen molar-refractivity contribution in [2.45, 2.75) is 57.8 Å². The number of hydrogen-bond donors (Lipinski definition) is 3. The van der Waals surface area contributed by atoms with Crippen molar-refractivity contribution in [2.24, 2.45) is 11.3 Å². The summed E-state index contributed by atoms with van der Waals surface area (Å²) in [5.41, 5.74) is -0.747. The van der Waals surface area contributed by atoms with E-state index in [0.29, 0.717) is 25.3 Å². The highest BCUT2D eigenvalue weighted by Crippen LogP contribution is 2.35. The summed E-state index contributed by atoms with van der Waals surface area (Å²) in [7, 11) is 0. The third kappa shape index (κ3) is 3.87. The smallest absolute Gasteiger partial charge is 0.314 e. The minimum Gasteiger partial charge on any atom is -0.481 e. The number of rotatable bonds is 5. The van der Waals surface area contributed by atoms with Gasteiger partial charge in [-0.25, -0.2) is 4.79 Å². The van der Waals surface area contributed by atoms with Crippen molar-refractivity contribution < 1.29 is 14.7 Å². The molecule has 0 aromatic heterocycles. The van der Waals surface area contributed by atoms with Crippen molar-refractivity contribution in [3.8, 4) is 0 Å². The molecule has 2 aliphatic rings. The van der Waals surface area contributed by atoms with E-state index in [-0.39, 0.29) is 12.6 Å². The van der Waals surface area contributed by atoms with Gasteiger partial charge in [-0.15, -0.1) is 0 Å². The molecule has 2 fully saturated rings. The van der Waals surface area contributed by atoms with Crippen LogP contribution in [0.15, 0.2) is 0 Å². The molecule has 3 N–H and O–H groups in total. The van der Waals surface area contributed by atoms with Gasteiger partial charge in [0.15, 0.2) is 0 Å². The molecule has 0 spiro atoms. The predicted molar refractivity (Wildman–Crippen MR) is 76.5 cm³/mol. The Morgan fingerprint density at radius 3 is 2.25 bits per heavy atom. The highest BCUT2D eigenvalue weighted by molar-refractivity contribution is 5.78. The second kappa shape index (κ2) is 6.95. The molecule has 114 valence electrons. The van der Waals surface area contributed by atoms with E-state index >= 15 is 0 Å². The summed E-state index contributed by atoms with van der Waals surface area (Å²) >= 11 is 0. The van der Waals surface area contributed by atoms with Crippen LogP contribution in [0.1, 0.15) is 57.8 Å². The van der Waals surface area contributed by atoms with Crippen molar-refractivity contribution >= 4 is 12.0 Å². The van der Waals surface area contributed by atoms with Gasteiger partial charge in [0.1, 0.15) is 0 Å². The van der Waals surface area contributed by atoms with Gasteiger partial charge < -0.3 is 15.7 Å². The highest BCUT2D eigenvalue weighted by Gasteiger charge is 2.39. The van der Waals surface area contributed by atoms with Crippen LogP contribution in [0.2, 0.25) is 0 Å². The van der Waals surface area contributed by atoms with Crippen LogP contribution < -0.4 is 10.6 Å². The number of amides is 2. The van der Waals surface area contributed by atoms with Crippen molar-refractivity contribution in [3.63, 3.8) is 0 Å². The molecular formula is C15H26N2O3. The van der Waals surface area contributed by atoms with Crippen LogP contribution in [0.3, 0.4) is 0 Å². The van der Waals surface area contributed by atoms with Gasteiger partial charge in [-0.05, 0) is 31.6 Å². The zero-order chi connectivity index (χ0) is 14.4. The topological polar surface area (TPSA) is 78.4 Å². The fourth-order valence-corrected chi connectivity index (χ4v) is 3.46. The number of carbonyl (C=O) groups excluding carboxylic acids is 1. The quantitative estimate of drug-likeness (QED) is 0.725.